The molecule has 1 aliphatic rings. The van der Waals surface area contributed by atoms with Crippen LogP contribution in [0.2, 0.25) is 0 Å². The first-order valence-electron chi connectivity index (χ1n) is 21.7. The lowest BCUT2D eigenvalue weighted by molar-refractivity contribution is 1.13. The van der Waals surface area contributed by atoms with Crippen molar-refractivity contribution in [2.24, 2.45) is 0 Å². The highest BCUT2D eigenvalue weighted by molar-refractivity contribution is 6.13. The molecule has 0 fully saturated rings. The van der Waals surface area contributed by atoms with Crippen molar-refractivity contribution in [3.05, 3.63) is 243 Å². The first-order chi connectivity index (χ1) is 31.8. The highest BCUT2D eigenvalue weighted by Gasteiger charge is 2.31. The molecule has 0 unspecified atom stereocenters. The van der Waals surface area contributed by atoms with Crippen LogP contribution in [0, 0.1) is 0 Å². The lowest BCUT2D eigenvalue weighted by atomic mass is 9.97. The number of hydrogen-bond donors (Lipinski definition) is 0. The van der Waals surface area contributed by atoms with Crippen molar-refractivity contribution >= 4 is 28.0 Å². The number of anilines is 3. The fourth-order valence-electron chi connectivity index (χ4n) is 9.45. The Labute approximate surface area is 372 Å². The zero-order valence-electron chi connectivity index (χ0n) is 34.9. The van der Waals surface area contributed by atoms with Gasteiger partial charge in [-0.15, -0.1) is 0 Å². The van der Waals surface area contributed by atoms with E-state index in [9.17, 15) is 0 Å². The first-order valence-corrected chi connectivity index (χ1v) is 21.7. The van der Waals surface area contributed by atoms with Crippen LogP contribution in [0.25, 0.3) is 95.1 Å². The molecule has 0 bridgehead atoms. The molecule has 9 aromatic carbocycles. The van der Waals surface area contributed by atoms with E-state index in [0.717, 1.165) is 67.5 Å². The molecule has 3 heterocycles. The molecule has 64 heavy (non-hydrogen) atoms. The van der Waals surface area contributed by atoms with E-state index in [4.69, 9.17) is 9.97 Å². The summed E-state index contributed by atoms with van der Waals surface area (Å²) in [6.07, 6.45) is 0. The van der Waals surface area contributed by atoms with Gasteiger partial charge < -0.3 is 9.47 Å². The van der Waals surface area contributed by atoms with Gasteiger partial charge in [-0.3, -0.25) is 0 Å². The normalized spacial score (nSPS) is 11.7. The SMILES string of the molecule is c1ccc(-c2cccc(-n3c4c(c5ccccc53)-c3ccccc3N(c3ccc(-c5ccccc5-c5nc(-c6ccccc6)cc(-c6ccccc6)n5)cc3)c3ccccc3-4)c2)cc1. The second kappa shape index (κ2) is 15.7. The van der Waals surface area contributed by atoms with Crippen LogP contribution in [-0.4, -0.2) is 14.5 Å². The van der Waals surface area contributed by atoms with E-state index >= 15 is 0 Å². The number of nitrogens with zero attached hydrogens (tertiary/aromatic N) is 4. The third-order valence-electron chi connectivity index (χ3n) is 12.4. The molecule has 0 aliphatic carbocycles. The second-order valence-electron chi connectivity index (χ2n) is 16.1. The third-order valence-corrected chi connectivity index (χ3v) is 12.4. The number of para-hydroxylation sites is 3. The molecule has 1 aliphatic heterocycles. The molecule has 0 radical (unpaired) electrons. The molecule has 0 atom stereocenters. The molecule has 0 saturated carbocycles. The number of hydrogen-bond acceptors (Lipinski definition) is 3. The van der Waals surface area contributed by atoms with Crippen LogP contribution in [0.4, 0.5) is 17.1 Å². The maximum Gasteiger partial charge on any atom is 0.161 e. The van der Waals surface area contributed by atoms with Gasteiger partial charge in [0, 0.05) is 50.1 Å². The third kappa shape index (κ3) is 6.40. The van der Waals surface area contributed by atoms with E-state index in [2.05, 4.69) is 240 Å². The minimum Gasteiger partial charge on any atom is -0.309 e. The van der Waals surface area contributed by atoms with Crippen molar-refractivity contribution in [3.8, 4) is 84.2 Å². The Morgan fingerprint density at radius 2 is 0.828 bits per heavy atom. The maximum absolute atomic E-state index is 5.20. The van der Waals surface area contributed by atoms with Gasteiger partial charge in [-0.05, 0) is 70.8 Å². The minimum atomic E-state index is 0.690. The molecule has 0 N–H and O–H groups in total. The van der Waals surface area contributed by atoms with E-state index in [1.54, 1.807) is 0 Å². The first kappa shape index (κ1) is 37.2. The van der Waals surface area contributed by atoms with Crippen molar-refractivity contribution in [1.82, 2.24) is 14.5 Å². The van der Waals surface area contributed by atoms with Crippen LogP contribution in [0.1, 0.15) is 0 Å². The summed E-state index contributed by atoms with van der Waals surface area (Å²) in [4.78, 5) is 12.8. The molecule has 4 nitrogen and oxygen atoms in total. The zero-order chi connectivity index (χ0) is 42.4. The molecule has 2 aromatic heterocycles. The average molecular weight is 817 g/mol. The van der Waals surface area contributed by atoms with Gasteiger partial charge in [0.1, 0.15) is 0 Å². The Bertz CT molecular complexity index is 3430. The molecule has 12 rings (SSSR count). The monoisotopic (exact) mass is 816 g/mol. The van der Waals surface area contributed by atoms with Gasteiger partial charge in [0.2, 0.25) is 0 Å². The van der Waals surface area contributed by atoms with Crippen molar-refractivity contribution < 1.29 is 0 Å². The zero-order valence-corrected chi connectivity index (χ0v) is 34.9. The van der Waals surface area contributed by atoms with Gasteiger partial charge in [0.05, 0.1) is 34.0 Å². The summed E-state index contributed by atoms with van der Waals surface area (Å²) in [7, 11) is 0. The Kier molecular flexibility index (Phi) is 9.12. The van der Waals surface area contributed by atoms with Crippen LogP contribution < -0.4 is 4.90 Å². The largest absolute Gasteiger partial charge is 0.309 e. The molecule has 300 valence electrons. The van der Waals surface area contributed by atoms with Crippen LogP contribution in [-0.2, 0) is 0 Å². The predicted molar refractivity (Wildman–Crippen MR) is 265 cm³/mol. The summed E-state index contributed by atoms with van der Waals surface area (Å²) in [5.41, 5.74) is 19.7. The number of aromatic nitrogens is 3. The standard InChI is InChI=1S/C60H40N4/c1-4-19-41(20-5-1)45-25-18-26-47(39-45)64-56-33-16-13-30-51(56)58-50-29-12-15-32-55(50)63(57-34-17-14-31-52(57)59(58)64)46-37-35-42(36-38-46)48-27-10-11-28-49(48)60-61-53(43-21-6-2-7-22-43)40-54(62-60)44-23-8-3-9-24-44/h1-40H. The van der Waals surface area contributed by atoms with Crippen molar-refractivity contribution in [1.29, 1.82) is 0 Å². The van der Waals surface area contributed by atoms with E-state index < -0.39 is 0 Å². The van der Waals surface area contributed by atoms with E-state index in [0.29, 0.717) is 5.82 Å². The smallest absolute Gasteiger partial charge is 0.161 e. The predicted octanol–water partition coefficient (Wildman–Crippen LogP) is 15.9. The summed E-state index contributed by atoms with van der Waals surface area (Å²) in [5.74, 6) is 0.690. The van der Waals surface area contributed by atoms with E-state index in [-0.39, 0.29) is 0 Å². The fraction of sp³-hybridized carbons (Fsp3) is 0. The highest BCUT2D eigenvalue weighted by Crippen LogP contribution is 2.54. The molecule has 4 heteroatoms. The molecule has 0 amide bonds. The van der Waals surface area contributed by atoms with Gasteiger partial charge >= 0.3 is 0 Å². The summed E-state index contributed by atoms with van der Waals surface area (Å²) in [6.45, 7) is 0. The van der Waals surface area contributed by atoms with Crippen molar-refractivity contribution in [2.75, 3.05) is 4.90 Å². The van der Waals surface area contributed by atoms with E-state index in [1.807, 2.05) is 12.1 Å². The summed E-state index contributed by atoms with van der Waals surface area (Å²) >= 11 is 0. The van der Waals surface area contributed by atoms with Crippen LogP contribution in [0.3, 0.4) is 0 Å². The summed E-state index contributed by atoms with van der Waals surface area (Å²) in [5, 5.41) is 1.22. The van der Waals surface area contributed by atoms with Crippen LogP contribution in [0.5, 0.6) is 0 Å². The lowest BCUT2D eigenvalue weighted by Gasteiger charge is -2.27. The van der Waals surface area contributed by atoms with Gasteiger partial charge in [-0.1, -0.05) is 194 Å². The average Bonchev–Trinajstić information content (AvgIpc) is 3.66. The van der Waals surface area contributed by atoms with E-state index in [1.165, 1.54) is 38.9 Å². The Hall–Kier alpha value is -8.60. The quantitative estimate of drug-likeness (QED) is 0.161. The number of rotatable bonds is 7. The lowest BCUT2D eigenvalue weighted by Crippen LogP contribution is -2.11. The van der Waals surface area contributed by atoms with Crippen molar-refractivity contribution in [3.63, 3.8) is 0 Å². The number of benzene rings is 9. The molecule has 0 spiro atoms. The van der Waals surface area contributed by atoms with Crippen LogP contribution in [0.15, 0.2) is 243 Å². The molecule has 11 aromatic rings. The van der Waals surface area contributed by atoms with Gasteiger partial charge in [0.25, 0.3) is 0 Å². The summed E-state index contributed by atoms with van der Waals surface area (Å²) < 4.78 is 2.47. The van der Waals surface area contributed by atoms with Gasteiger partial charge in [0.15, 0.2) is 5.82 Å². The number of fused-ring (bicyclic) bond motifs is 7. The van der Waals surface area contributed by atoms with Gasteiger partial charge in [-0.25, -0.2) is 9.97 Å². The Balaban J connectivity index is 1.00. The topological polar surface area (TPSA) is 34.0 Å². The Morgan fingerprint density at radius 3 is 1.50 bits per heavy atom. The second-order valence-corrected chi connectivity index (χ2v) is 16.1. The summed E-state index contributed by atoms with van der Waals surface area (Å²) in [6, 6.07) is 86.4. The fourth-order valence-corrected chi connectivity index (χ4v) is 9.45. The Morgan fingerprint density at radius 1 is 0.312 bits per heavy atom. The van der Waals surface area contributed by atoms with Crippen LogP contribution >= 0.6 is 0 Å². The molecule has 0 saturated heterocycles. The van der Waals surface area contributed by atoms with Gasteiger partial charge in [-0.2, -0.15) is 0 Å². The molecular weight excluding hydrogens is 777 g/mol. The maximum atomic E-state index is 5.20. The minimum absolute atomic E-state index is 0.690. The highest BCUT2D eigenvalue weighted by atomic mass is 15.2. The van der Waals surface area contributed by atoms with Crippen molar-refractivity contribution in [2.45, 2.75) is 0 Å². The molecular formula is C60H40N4.